The van der Waals surface area contributed by atoms with Crippen LogP contribution in [0.2, 0.25) is 0 Å². The van der Waals surface area contributed by atoms with Gasteiger partial charge in [-0.1, -0.05) is 0 Å². The molecule has 1 amide bonds. The number of amides is 1. The number of hydrogen-bond donors (Lipinski definition) is 0. The Kier molecular flexibility index (Phi) is 5.15. The van der Waals surface area contributed by atoms with Crippen LogP contribution in [0.3, 0.4) is 0 Å². The standard InChI is InChI=1S/C19H25FN2O4/c20-15-1-2-17-18(11-15)25-13-16(26-17)12-21-6-3-14(4-7-21)5-8-22-9-10-24-19(22)23/h1-2,11,14,16H,3-10,12-13H2/t16-/m0/s1. The van der Waals surface area contributed by atoms with Crippen LogP contribution in [-0.2, 0) is 4.74 Å². The number of carbonyl (C=O) groups is 1. The Hall–Kier alpha value is -2.02. The fourth-order valence-electron chi connectivity index (χ4n) is 3.89. The Morgan fingerprint density at radius 3 is 2.73 bits per heavy atom. The SMILES string of the molecule is O=C1OCCN1CCC1CCN(C[C@H]2COc3cc(F)ccc3O2)CC1. The molecule has 142 valence electrons. The highest BCUT2D eigenvalue weighted by atomic mass is 19.1. The monoisotopic (exact) mass is 364 g/mol. The molecule has 26 heavy (non-hydrogen) atoms. The first-order valence-electron chi connectivity index (χ1n) is 9.40. The predicted octanol–water partition coefficient (Wildman–Crippen LogP) is 2.52. The van der Waals surface area contributed by atoms with E-state index in [0.29, 0.717) is 30.6 Å². The zero-order valence-corrected chi connectivity index (χ0v) is 14.9. The minimum Gasteiger partial charge on any atom is -0.486 e. The average molecular weight is 364 g/mol. The van der Waals surface area contributed by atoms with Gasteiger partial charge in [0.25, 0.3) is 0 Å². The van der Waals surface area contributed by atoms with Crippen LogP contribution in [0, 0.1) is 11.7 Å². The maximum atomic E-state index is 13.2. The molecule has 3 aliphatic heterocycles. The molecule has 1 aromatic carbocycles. The zero-order valence-electron chi connectivity index (χ0n) is 14.9. The van der Waals surface area contributed by atoms with Crippen molar-refractivity contribution >= 4 is 6.09 Å². The lowest BCUT2D eigenvalue weighted by Gasteiger charge is -2.36. The molecule has 3 aliphatic rings. The summed E-state index contributed by atoms with van der Waals surface area (Å²) in [5, 5.41) is 0. The van der Waals surface area contributed by atoms with Crippen molar-refractivity contribution in [1.29, 1.82) is 0 Å². The van der Waals surface area contributed by atoms with Gasteiger partial charge in [-0.2, -0.15) is 0 Å². The fourth-order valence-corrected chi connectivity index (χ4v) is 3.89. The molecular formula is C19H25FN2O4. The van der Waals surface area contributed by atoms with Gasteiger partial charge in [0, 0.05) is 19.2 Å². The average Bonchev–Trinajstić information content (AvgIpc) is 3.06. The molecule has 0 aromatic heterocycles. The molecule has 2 saturated heterocycles. The van der Waals surface area contributed by atoms with E-state index in [1.807, 2.05) is 0 Å². The van der Waals surface area contributed by atoms with Crippen molar-refractivity contribution in [3.63, 3.8) is 0 Å². The third-order valence-electron chi connectivity index (χ3n) is 5.45. The van der Waals surface area contributed by atoms with Crippen molar-refractivity contribution in [2.24, 2.45) is 5.92 Å². The summed E-state index contributed by atoms with van der Waals surface area (Å²) in [6.07, 6.45) is 3.13. The van der Waals surface area contributed by atoms with Crippen LogP contribution < -0.4 is 9.47 Å². The number of cyclic esters (lactones) is 1. The molecule has 4 rings (SSSR count). The summed E-state index contributed by atoms with van der Waals surface area (Å²) >= 11 is 0. The Morgan fingerprint density at radius 2 is 1.96 bits per heavy atom. The van der Waals surface area contributed by atoms with E-state index >= 15 is 0 Å². The number of hydrogen-bond acceptors (Lipinski definition) is 5. The van der Waals surface area contributed by atoms with Crippen molar-refractivity contribution < 1.29 is 23.4 Å². The number of rotatable bonds is 5. The molecule has 0 spiro atoms. The predicted molar refractivity (Wildman–Crippen MR) is 93.0 cm³/mol. The van der Waals surface area contributed by atoms with Gasteiger partial charge in [-0.3, -0.25) is 4.90 Å². The third-order valence-corrected chi connectivity index (χ3v) is 5.45. The molecule has 0 aliphatic carbocycles. The largest absolute Gasteiger partial charge is 0.486 e. The molecule has 0 N–H and O–H groups in total. The highest BCUT2D eigenvalue weighted by Crippen LogP contribution is 2.32. The Balaban J connectivity index is 1.19. The Bertz CT molecular complexity index is 648. The van der Waals surface area contributed by atoms with Crippen LogP contribution in [0.4, 0.5) is 9.18 Å². The number of likely N-dealkylation sites (tertiary alicyclic amines) is 1. The van der Waals surface area contributed by atoms with Crippen molar-refractivity contribution in [2.45, 2.75) is 25.4 Å². The lowest BCUT2D eigenvalue weighted by atomic mass is 9.93. The van der Waals surface area contributed by atoms with E-state index in [1.165, 1.54) is 12.1 Å². The molecule has 1 atom stereocenters. The van der Waals surface area contributed by atoms with Crippen LogP contribution in [0.15, 0.2) is 18.2 Å². The van der Waals surface area contributed by atoms with E-state index in [4.69, 9.17) is 14.2 Å². The van der Waals surface area contributed by atoms with Crippen LogP contribution in [0.5, 0.6) is 11.5 Å². The summed E-state index contributed by atoms with van der Waals surface area (Å²) in [6, 6.07) is 4.39. The number of nitrogens with zero attached hydrogens (tertiary/aromatic N) is 2. The summed E-state index contributed by atoms with van der Waals surface area (Å²) in [6.45, 7) is 5.39. The lowest BCUT2D eigenvalue weighted by molar-refractivity contribution is 0.0465. The van der Waals surface area contributed by atoms with E-state index in [2.05, 4.69) is 4.90 Å². The molecule has 0 radical (unpaired) electrons. The molecular weight excluding hydrogens is 339 g/mol. The van der Waals surface area contributed by atoms with Gasteiger partial charge in [0.15, 0.2) is 11.5 Å². The molecule has 1 aromatic rings. The number of benzene rings is 1. The quantitative estimate of drug-likeness (QED) is 0.804. The second-order valence-electron chi connectivity index (χ2n) is 7.28. The Morgan fingerprint density at radius 1 is 1.12 bits per heavy atom. The fraction of sp³-hybridized carbons (Fsp3) is 0.632. The molecule has 6 nitrogen and oxygen atoms in total. The second kappa shape index (κ2) is 7.70. The van der Waals surface area contributed by atoms with E-state index < -0.39 is 0 Å². The number of ether oxygens (including phenoxy) is 3. The molecule has 7 heteroatoms. The number of piperidine rings is 1. The first-order chi connectivity index (χ1) is 12.7. The van der Waals surface area contributed by atoms with Crippen LogP contribution >= 0.6 is 0 Å². The minimum atomic E-state index is -0.310. The lowest BCUT2D eigenvalue weighted by Crippen LogP contribution is -2.44. The molecule has 3 heterocycles. The maximum Gasteiger partial charge on any atom is 0.409 e. The number of fused-ring (bicyclic) bond motifs is 1. The van der Waals surface area contributed by atoms with Crippen molar-refractivity contribution in [1.82, 2.24) is 9.80 Å². The molecule has 0 bridgehead atoms. The third kappa shape index (κ3) is 4.03. The molecule has 0 saturated carbocycles. The first kappa shape index (κ1) is 17.4. The van der Waals surface area contributed by atoms with E-state index in [-0.39, 0.29) is 18.0 Å². The highest BCUT2D eigenvalue weighted by Gasteiger charge is 2.28. The van der Waals surface area contributed by atoms with Gasteiger partial charge in [0.2, 0.25) is 0 Å². The van der Waals surface area contributed by atoms with Crippen LogP contribution in [-0.4, -0.2) is 67.9 Å². The van der Waals surface area contributed by atoms with Gasteiger partial charge in [0.1, 0.15) is 25.1 Å². The smallest absolute Gasteiger partial charge is 0.409 e. The molecule has 2 fully saturated rings. The normalized spacial score (nSPS) is 24.0. The maximum absolute atomic E-state index is 13.2. The van der Waals surface area contributed by atoms with E-state index in [1.54, 1.807) is 11.0 Å². The van der Waals surface area contributed by atoms with E-state index in [0.717, 1.165) is 52.0 Å². The summed E-state index contributed by atoms with van der Waals surface area (Å²) in [7, 11) is 0. The summed E-state index contributed by atoms with van der Waals surface area (Å²) < 4.78 is 29.8. The zero-order chi connectivity index (χ0) is 17.9. The van der Waals surface area contributed by atoms with Gasteiger partial charge in [-0.15, -0.1) is 0 Å². The van der Waals surface area contributed by atoms with E-state index in [9.17, 15) is 9.18 Å². The van der Waals surface area contributed by atoms with Crippen molar-refractivity contribution in [3.8, 4) is 11.5 Å². The minimum absolute atomic E-state index is 0.0242. The first-order valence-corrected chi connectivity index (χ1v) is 9.40. The summed E-state index contributed by atoms with van der Waals surface area (Å²) in [5.41, 5.74) is 0. The van der Waals surface area contributed by atoms with Gasteiger partial charge in [-0.25, -0.2) is 9.18 Å². The van der Waals surface area contributed by atoms with Crippen LogP contribution in [0.1, 0.15) is 19.3 Å². The van der Waals surface area contributed by atoms with Gasteiger partial charge in [-0.05, 0) is 50.4 Å². The number of carbonyl (C=O) groups excluding carboxylic acids is 1. The van der Waals surface area contributed by atoms with Gasteiger partial charge < -0.3 is 19.1 Å². The summed E-state index contributed by atoms with van der Waals surface area (Å²) in [5.74, 6) is 1.46. The Labute approximate surface area is 152 Å². The summed E-state index contributed by atoms with van der Waals surface area (Å²) in [4.78, 5) is 15.7. The number of halogens is 1. The van der Waals surface area contributed by atoms with Gasteiger partial charge in [0.05, 0.1) is 6.54 Å². The van der Waals surface area contributed by atoms with Crippen molar-refractivity contribution in [2.75, 3.05) is 45.9 Å². The van der Waals surface area contributed by atoms with Crippen molar-refractivity contribution in [3.05, 3.63) is 24.0 Å². The second-order valence-corrected chi connectivity index (χ2v) is 7.28. The topological polar surface area (TPSA) is 51.2 Å². The van der Waals surface area contributed by atoms with Crippen LogP contribution in [0.25, 0.3) is 0 Å². The highest BCUT2D eigenvalue weighted by molar-refractivity contribution is 5.69. The molecule has 0 unspecified atom stereocenters. The van der Waals surface area contributed by atoms with Gasteiger partial charge >= 0.3 is 6.09 Å².